The first-order chi connectivity index (χ1) is 9.11. The molecule has 0 amide bonds. The minimum absolute atomic E-state index is 0.0266. The quantitative estimate of drug-likeness (QED) is 0.624. The summed E-state index contributed by atoms with van der Waals surface area (Å²) in [4.78, 5) is 13.8. The van der Waals surface area contributed by atoms with E-state index in [0.717, 1.165) is 18.2 Å². The fourth-order valence-electron chi connectivity index (χ4n) is 1.39. The molecular formula is C12H6FN3O3. The zero-order valence-corrected chi connectivity index (χ0v) is 9.41. The summed E-state index contributed by atoms with van der Waals surface area (Å²) in [6.07, 6.45) is 2.61. The second-order valence-corrected chi connectivity index (χ2v) is 3.45. The standard InChI is InChI=1S/C12H6FN3O3/c13-9-1-2-10(16(17)18)11(5-9)19-12-7-15-4-3-8(12)6-14/h1-5,7H. The summed E-state index contributed by atoms with van der Waals surface area (Å²) in [7, 11) is 0. The van der Waals surface area contributed by atoms with Gasteiger partial charge in [-0.1, -0.05) is 0 Å². The number of hydrogen-bond donors (Lipinski definition) is 0. The molecule has 0 atom stereocenters. The zero-order chi connectivity index (χ0) is 13.8. The summed E-state index contributed by atoms with van der Waals surface area (Å²) in [5, 5.41) is 19.7. The summed E-state index contributed by atoms with van der Waals surface area (Å²) < 4.78 is 18.3. The van der Waals surface area contributed by atoms with Crippen LogP contribution in [-0.2, 0) is 0 Å². The summed E-state index contributed by atoms with van der Waals surface area (Å²) in [6, 6.07) is 6.07. The van der Waals surface area contributed by atoms with Gasteiger partial charge < -0.3 is 4.74 Å². The van der Waals surface area contributed by atoms with Crippen molar-refractivity contribution in [1.29, 1.82) is 5.26 Å². The van der Waals surface area contributed by atoms with E-state index in [-0.39, 0.29) is 17.1 Å². The third-order valence-corrected chi connectivity index (χ3v) is 2.24. The van der Waals surface area contributed by atoms with Gasteiger partial charge in [0.1, 0.15) is 11.9 Å². The van der Waals surface area contributed by atoms with Crippen molar-refractivity contribution in [2.24, 2.45) is 0 Å². The van der Waals surface area contributed by atoms with E-state index in [1.165, 1.54) is 18.5 Å². The fraction of sp³-hybridized carbons (Fsp3) is 0. The normalized spacial score (nSPS) is 9.68. The van der Waals surface area contributed by atoms with E-state index in [2.05, 4.69) is 4.98 Å². The van der Waals surface area contributed by atoms with Gasteiger partial charge in [0.25, 0.3) is 0 Å². The van der Waals surface area contributed by atoms with Gasteiger partial charge in [0.05, 0.1) is 16.7 Å². The van der Waals surface area contributed by atoms with Crippen LogP contribution in [0.1, 0.15) is 5.56 Å². The molecule has 0 saturated carbocycles. The van der Waals surface area contributed by atoms with Crippen LogP contribution in [0.2, 0.25) is 0 Å². The van der Waals surface area contributed by atoms with Crippen molar-refractivity contribution in [2.45, 2.75) is 0 Å². The van der Waals surface area contributed by atoms with E-state index in [0.29, 0.717) is 0 Å². The van der Waals surface area contributed by atoms with Gasteiger partial charge in [-0.2, -0.15) is 5.26 Å². The molecule has 0 radical (unpaired) electrons. The molecule has 0 aliphatic rings. The number of rotatable bonds is 3. The number of nitro groups is 1. The van der Waals surface area contributed by atoms with Crippen LogP contribution < -0.4 is 4.74 Å². The van der Waals surface area contributed by atoms with Crippen LogP contribution in [0.3, 0.4) is 0 Å². The molecule has 7 heteroatoms. The first kappa shape index (κ1) is 12.4. The Kier molecular flexibility index (Phi) is 3.34. The number of hydrogen-bond acceptors (Lipinski definition) is 5. The average molecular weight is 259 g/mol. The average Bonchev–Trinajstić information content (AvgIpc) is 2.39. The third-order valence-electron chi connectivity index (χ3n) is 2.24. The molecule has 1 aromatic carbocycles. The van der Waals surface area contributed by atoms with Crippen molar-refractivity contribution in [3.63, 3.8) is 0 Å². The molecule has 0 aliphatic carbocycles. The van der Waals surface area contributed by atoms with Crippen LogP contribution >= 0.6 is 0 Å². The van der Waals surface area contributed by atoms with Gasteiger partial charge in [-0.25, -0.2) is 4.39 Å². The highest BCUT2D eigenvalue weighted by Gasteiger charge is 2.17. The summed E-state index contributed by atoms with van der Waals surface area (Å²) >= 11 is 0. The molecule has 2 rings (SSSR count). The van der Waals surface area contributed by atoms with Crippen molar-refractivity contribution in [3.05, 3.63) is 58.2 Å². The Morgan fingerprint density at radius 3 is 2.84 bits per heavy atom. The Morgan fingerprint density at radius 1 is 1.37 bits per heavy atom. The first-order valence-corrected chi connectivity index (χ1v) is 5.07. The molecule has 0 aliphatic heterocycles. The minimum Gasteiger partial charge on any atom is -0.447 e. The van der Waals surface area contributed by atoms with Crippen molar-refractivity contribution in [1.82, 2.24) is 4.98 Å². The molecule has 6 nitrogen and oxygen atoms in total. The molecular weight excluding hydrogens is 253 g/mol. The van der Waals surface area contributed by atoms with E-state index < -0.39 is 16.4 Å². The van der Waals surface area contributed by atoms with E-state index in [1.807, 2.05) is 6.07 Å². The molecule has 2 aromatic rings. The van der Waals surface area contributed by atoms with Crippen LogP contribution in [0.25, 0.3) is 0 Å². The van der Waals surface area contributed by atoms with Crippen LogP contribution in [0.5, 0.6) is 11.5 Å². The maximum absolute atomic E-state index is 13.1. The number of pyridine rings is 1. The molecule has 94 valence electrons. The van der Waals surface area contributed by atoms with E-state index in [1.54, 1.807) is 0 Å². The molecule has 19 heavy (non-hydrogen) atoms. The molecule has 0 spiro atoms. The molecule has 1 heterocycles. The van der Waals surface area contributed by atoms with Gasteiger partial charge in [-0.05, 0) is 12.1 Å². The van der Waals surface area contributed by atoms with Crippen LogP contribution in [0.15, 0.2) is 36.7 Å². The Bertz CT molecular complexity index is 682. The topological polar surface area (TPSA) is 89.0 Å². The second-order valence-electron chi connectivity index (χ2n) is 3.45. The molecule has 0 bridgehead atoms. The van der Waals surface area contributed by atoms with E-state index in [4.69, 9.17) is 10.00 Å². The molecule has 0 saturated heterocycles. The summed E-state index contributed by atoms with van der Waals surface area (Å²) in [5.74, 6) is -0.934. The van der Waals surface area contributed by atoms with Crippen LogP contribution in [0, 0.1) is 27.3 Å². The number of ether oxygens (including phenoxy) is 1. The number of benzene rings is 1. The lowest BCUT2D eigenvalue weighted by molar-refractivity contribution is -0.385. The maximum atomic E-state index is 13.1. The lowest BCUT2D eigenvalue weighted by atomic mass is 10.2. The maximum Gasteiger partial charge on any atom is 0.311 e. The van der Waals surface area contributed by atoms with Crippen molar-refractivity contribution < 1.29 is 14.1 Å². The predicted octanol–water partition coefficient (Wildman–Crippen LogP) is 2.79. The van der Waals surface area contributed by atoms with Crippen molar-refractivity contribution >= 4 is 5.69 Å². The van der Waals surface area contributed by atoms with Gasteiger partial charge in [-0.15, -0.1) is 0 Å². The second kappa shape index (κ2) is 5.10. The third kappa shape index (κ3) is 2.63. The number of nitriles is 1. The molecule has 0 fully saturated rings. The van der Waals surface area contributed by atoms with Crippen LogP contribution in [0.4, 0.5) is 10.1 Å². The van der Waals surface area contributed by atoms with Gasteiger partial charge in [-0.3, -0.25) is 15.1 Å². The monoisotopic (exact) mass is 259 g/mol. The highest BCUT2D eigenvalue weighted by molar-refractivity contribution is 5.50. The Labute approximate surface area is 106 Å². The highest BCUT2D eigenvalue weighted by Crippen LogP contribution is 2.32. The number of halogens is 1. The number of nitro benzene ring substituents is 1. The van der Waals surface area contributed by atoms with Gasteiger partial charge >= 0.3 is 5.69 Å². The zero-order valence-electron chi connectivity index (χ0n) is 9.41. The molecule has 0 N–H and O–H groups in total. The van der Waals surface area contributed by atoms with E-state index in [9.17, 15) is 14.5 Å². The van der Waals surface area contributed by atoms with Crippen molar-refractivity contribution in [3.8, 4) is 17.6 Å². The SMILES string of the molecule is N#Cc1ccncc1Oc1cc(F)ccc1[N+](=O)[O-]. The Balaban J connectivity index is 2.46. The van der Waals surface area contributed by atoms with Crippen molar-refractivity contribution in [2.75, 3.05) is 0 Å². The largest absolute Gasteiger partial charge is 0.447 e. The first-order valence-electron chi connectivity index (χ1n) is 5.07. The van der Waals surface area contributed by atoms with Gasteiger partial charge in [0, 0.05) is 18.3 Å². The lowest BCUT2D eigenvalue weighted by Crippen LogP contribution is -1.96. The lowest BCUT2D eigenvalue weighted by Gasteiger charge is -2.07. The van der Waals surface area contributed by atoms with Gasteiger partial charge in [0.15, 0.2) is 5.75 Å². The Morgan fingerprint density at radius 2 is 2.16 bits per heavy atom. The fourth-order valence-corrected chi connectivity index (χ4v) is 1.39. The Hall–Kier alpha value is -3.01. The number of aromatic nitrogens is 1. The summed E-state index contributed by atoms with van der Waals surface area (Å²) in [6.45, 7) is 0. The van der Waals surface area contributed by atoms with Crippen LogP contribution in [-0.4, -0.2) is 9.91 Å². The molecule has 1 aromatic heterocycles. The highest BCUT2D eigenvalue weighted by atomic mass is 19.1. The predicted molar refractivity (Wildman–Crippen MR) is 62.1 cm³/mol. The minimum atomic E-state index is -0.697. The number of nitrogens with zero attached hydrogens (tertiary/aromatic N) is 3. The molecule has 0 unspecified atom stereocenters. The van der Waals surface area contributed by atoms with E-state index >= 15 is 0 Å². The smallest absolute Gasteiger partial charge is 0.311 e. The van der Waals surface area contributed by atoms with Gasteiger partial charge in [0.2, 0.25) is 5.75 Å². The summed E-state index contributed by atoms with van der Waals surface area (Å²) in [5.41, 5.74) is -0.247.